The Hall–Kier alpha value is -2.02. The number of pyridine rings is 1. The van der Waals surface area contributed by atoms with E-state index in [9.17, 15) is 4.79 Å². The summed E-state index contributed by atoms with van der Waals surface area (Å²) in [4.78, 5) is 16.4. The van der Waals surface area contributed by atoms with Gasteiger partial charge in [-0.1, -0.05) is 43.4 Å². The molecule has 0 aromatic carbocycles. The second kappa shape index (κ2) is 8.89. The van der Waals surface area contributed by atoms with E-state index in [4.69, 9.17) is 0 Å². The van der Waals surface area contributed by atoms with Crippen LogP contribution in [0.5, 0.6) is 0 Å². The van der Waals surface area contributed by atoms with E-state index in [1.54, 1.807) is 17.8 Å². The van der Waals surface area contributed by atoms with Gasteiger partial charge in [0.25, 0.3) is 5.91 Å². The molecule has 1 aliphatic carbocycles. The molecule has 1 atom stereocenters. The lowest BCUT2D eigenvalue weighted by atomic mass is 9.85. The summed E-state index contributed by atoms with van der Waals surface area (Å²) in [6.45, 7) is 2.20. The molecule has 25 heavy (non-hydrogen) atoms. The van der Waals surface area contributed by atoms with E-state index in [1.807, 2.05) is 6.07 Å². The fraction of sp³-hybridized carbons (Fsp3) is 0.556. The quantitative estimate of drug-likeness (QED) is 0.768. The van der Waals surface area contributed by atoms with Crippen LogP contribution in [0, 0.1) is 5.92 Å². The van der Waals surface area contributed by atoms with Crippen LogP contribution in [0.2, 0.25) is 0 Å². The fourth-order valence-corrected chi connectivity index (χ4v) is 3.74. The highest BCUT2D eigenvalue weighted by atomic mass is 32.1. The van der Waals surface area contributed by atoms with Crippen molar-refractivity contribution < 1.29 is 4.79 Å². The third-order valence-corrected chi connectivity index (χ3v) is 5.34. The molecule has 3 rings (SSSR count). The highest BCUT2D eigenvalue weighted by molar-refractivity contribution is 7.13. The Bertz CT molecular complexity index is 653. The van der Waals surface area contributed by atoms with Crippen LogP contribution in [0.25, 0.3) is 0 Å². The second-order valence-electron chi connectivity index (χ2n) is 6.76. The SMILES string of the molecule is CC(CCC1CCCCC1)Nc1ccc(C(=O)Nc2nncs2)cn1. The van der Waals surface area contributed by atoms with Crippen LogP contribution < -0.4 is 10.6 Å². The smallest absolute Gasteiger partial charge is 0.259 e. The Kier molecular flexibility index (Phi) is 6.33. The van der Waals surface area contributed by atoms with Gasteiger partial charge >= 0.3 is 0 Å². The number of hydrogen-bond donors (Lipinski definition) is 2. The molecule has 0 aliphatic heterocycles. The lowest BCUT2D eigenvalue weighted by Crippen LogP contribution is -2.18. The van der Waals surface area contributed by atoms with Crippen molar-refractivity contribution in [2.75, 3.05) is 10.6 Å². The highest BCUT2D eigenvalue weighted by Gasteiger charge is 2.15. The molecule has 2 N–H and O–H groups in total. The lowest BCUT2D eigenvalue weighted by molar-refractivity contribution is 0.102. The van der Waals surface area contributed by atoms with Gasteiger partial charge in [-0.2, -0.15) is 0 Å². The number of rotatable bonds is 7. The van der Waals surface area contributed by atoms with Crippen molar-refractivity contribution in [2.24, 2.45) is 5.92 Å². The first-order chi connectivity index (χ1) is 12.2. The minimum Gasteiger partial charge on any atom is -0.368 e. The van der Waals surface area contributed by atoms with Gasteiger partial charge in [-0.3, -0.25) is 10.1 Å². The van der Waals surface area contributed by atoms with Crippen LogP contribution in [-0.2, 0) is 0 Å². The number of carbonyl (C=O) groups is 1. The Labute approximate surface area is 152 Å². The summed E-state index contributed by atoms with van der Waals surface area (Å²) in [6.07, 6.45) is 11.0. The van der Waals surface area contributed by atoms with Crippen molar-refractivity contribution in [1.82, 2.24) is 15.2 Å². The molecule has 7 heteroatoms. The summed E-state index contributed by atoms with van der Waals surface area (Å²) in [5.74, 6) is 1.49. The monoisotopic (exact) mass is 359 g/mol. The number of carbonyl (C=O) groups excluding carboxylic acids is 1. The number of hydrogen-bond acceptors (Lipinski definition) is 6. The molecule has 0 saturated heterocycles. The first-order valence-electron chi connectivity index (χ1n) is 9.01. The Morgan fingerprint density at radius 3 is 2.84 bits per heavy atom. The topological polar surface area (TPSA) is 79.8 Å². The van der Waals surface area contributed by atoms with Crippen molar-refractivity contribution >= 4 is 28.2 Å². The van der Waals surface area contributed by atoms with Gasteiger partial charge in [0.15, 0.2) is 0 Å². The number of nitrogens with one attached hydrogen (secondary N) is 2. The van der Waals surface area contributed by atoms with Crippen LogP contribution >= 0.6 is 11.3 Å². The number of amides is 1. The molecule has 0 spiro atoms. The second-order valence-corrected chi connectivity index (χ2v) is 7.59. The molecule has 1 amide bonds. The van der Waals surface area contributed by atoms with Crippen molar-refractivity contribution in [3.8, 4) is 0 Å². The van der Waals surface area contributed by atoms with Crippen molar-refractivity contribution in [2.45, 2.75) is 57.9 Å². The molecule has 1 aliphatic rings. The van der Waals surface area contributed by atoms with Gasteiger partial charge in [-0.15, -0.1) is 10.2 Å². The van der Waals surface area contributed by atoms with Crippen molar-refractivity contribution in [3.63, 3.8) is 0 Å². The summed E-state index contributed by atoms with van der Waals surface area (Å²) in [5.41, 5.74) is 2.09. The Morgan fingerprint density at radius 2 is 2.16 bits per heavy atom. The van der Waals surface area contributed by atoms with Crippen LogP contribution in [0.15, 0.2) is 23.8 Å². The molecule has 2 heterocycles. The first-order valence-corrected chi connectivity index (χ1v) is 9.89. The molecule has 6 nitrogen and oxygen atoms in total. The van der Waals surface area contributed by atoms with Gasteiger partial charge < -0.3 is 5.32 Å². The van der Waals surface area contributed by atoms with Crippen LogP contribution in [0.4, 0.5) is 10.9 Å². The van der Waals surface area contributed by atoms with E-state index in [1.165, 1.54) is 49.9 Å². The zero-order chi connectivity index (χ0) is 17.5. The van der Waals surface area contributed by atoms with E-state index in [-0.39, 0.29) is 5.91 Å². The van der Waals surface area contributed by atoms with Crippen molar-refractivity contribution in [1.29, 1.82) is 0 Å². The summed E-state index contributed by atoms with van der Waals surface area (Å²) in [5, 5.41) is 14.1. The molecule has 0 bridgehead atoms. The molecular formula is C18H25N5OS. The Balaban J connectivity index is 1.45. The largest absolute Gasteiger partial charge is 0.368 e. The maximum Gasteiger partial charge on any atom is 0.259 e. The third-order valence-electron chi connectivity index (χ3n) is 4.73. The Morgan fingerprint density at radius 1 is 1.32 bits per heavy atom. The van der Waals surface area contributed by atoms with E-state index < -0.39 is 0 Å². The van der Waals surface area contributed by atoms with Crippen LogP contribution in [0.3, 0.4) is 0 Å². The first kappa shape index (κ1) is 17.8. The minimum absolute atomic E-state index is 0.221. The molecule has 0 radical (unpaired) electrons. The van der Waals surface area contributed by atoms with E-state index >= 15 is 0 Å². The number of aromatic nitrogens is 3. The summed E-state index contributed by atoms with van der Waals surface area (Å²) >= 11 is 1.29. The normalized spacial score (nSPS) is 16.4. The molecule has 134 valence electrons. The minimum atomic E-state index is -0.221. The molecular weight excluding hydrogens is 334 g/mol. The summed E-state index contributed by atoms with van der Waals surface area (Å²) in [6, 6.07) is 4.02. The number of anilines is 2. The maximum atomic E-state index is 12.1. The zero-order valence-corrected chi connectivity index (χ0v) is 15.4. The predicted molar refractivity (Wildman–Crippen MR) is 101 cm³/mol. The van der Waals surface area contributed by atoms with Crippen molar-refractivity contribution in [3.05, 3.63) is 29.4 Å². The standard InChI is InChI=1S/C18H25N5OS/c1-13(7-8-14-5-3-2-4-6-14)21-16-10-9-15(11-19-16)17(24)22-18-23-20-12-25-18/h9-14H,2-8H2,1H3,(H,19,21)(H,22,23,24). The van der Waals surface area contributed by atoms with Gasteiger partial charge in [0, 0.05) is 12.2 Å². The summed E-state index contributed by atoms with van der Waals surface area (Å²) < 4.78 is 0. The number of nitrogens with zero attached hydrogens (tertiary/aromatic N) is 3. The average molecular weight is 359 g/mol. The van der Waals surface area contributed by atoms with Crippen LogP contribution in [-0.4, -0.2) is 27.1 Å². The molecule has 1 saturated carbocycles. The zero-order valence-electron chi connectivity index (χ0n) is 14.6. The predicted octanol–water partition coefficient (Wildman–Crippen LogP) is 4.35. The van der Waals surface area contributed by atoms with E-state index in [2.05, 4.69) is 32.7 Å². The van der Waals surface area contributed by atoms with E-state index in [0.29, 0.717) is 16.7 Å². The maximum absolute atomic E-state index is 12.1. The molecule has 1 unspecified atom stereocenters. The van der Waals surface area contributed by atoms with Gasteiger partial charge in [0.1, 0.15) is 11.3 Å². The fourth-order valence-electron chi connectivity index (χ4n) is 3.30. The average Bonchev–Trinajstić information content (AvgIpc) is 3.14. The van der Waals surface area contributed by atoms with Gasteiger partial charge in [0.2, 0.25) is 5.13 Å². The van der Waals surface area contributed by atoms with Gasteiger partial charge in [-0.25, -0.2) is 4.98 Å². The van der Waals surface area contributed by atoms with E-state index in [0.717, 1.165) is 18.2 Å². The third kappa shape index (κ3) is 5.49. The highest BCUT2D eigenvalue weighted by Crippen LogP contribution is 2.28. The molecule has 1 fully saturated rings. The molecule has 2 aromatic rings. The molecule has 2 aromatic heterocycles. The lowest BCUT2D eigenvalue weighted by Gasteiger charge is -2.23. The van der Waals surface area contributed by atoms with Gasteiger partial charge in [0.05, 0.1) is 5.56 Å². The summed E-state index contributed by atoms with van der Waals surface area (Å²) in [7, 11) is 0. The van der Waals surface area contributed by atoms with Crippen LogP contribution in [0.1, 0.15) is 62.2 Å². The van der Waals surface area contributed by atoms with Gasteiger partial charge in [-0.05, 0) is 37.8 Å².